The zero-order chi connectivity index (χ0) is 21.5. The number of imidazole rings is 1. The standard InChI is InChI=1S/C18H18N4O7S/c1-30(26,27)29-11(7-10-5-3-2-4-6-10)15-13(23)14(24)18(28-15)22-9-21-12-16(22)19-8-20-17(12)25/h2-9,13-15,18,23-24H,1H3,(H,19,20,25)/t13-,14+,15+,18+/m0/s1. The van der Waals surface area contributed by atoms with Crippen molar-refractivity contribution in [2.45, 2.75) is 24.5 Å². The molecule has 3 heterocycles. The van der Waals surface area contributed by atoms with E-state index < -0.39 is 34.7 Å². The van der Waals surface area contributed by atoms with E-state index in [0.29, 0.717) is 5.56 Å². The number of benzene rings is 1. The SMILES string of the molecule is CS(=O)(=O)OC(=Cc1ccccc1)[C@H]1O[C@@H](n2cnc3c(O)ncnc32)[C@H](O)[C@@H]1O. The maximum atomic E-state index is 11.8. The van der Waals surface area contributed by atoms with Crippen molar-refractivity contribution in [3.63, 3.8) is 0 Å². The second-order valence-corrected chi connectivity index (χ2v) is 8.27. The van der Waals surface area contributed by atoms with Crippen molar-refractivity contribution in [3.05, 3.63) is 54.3 Å². The molecule has 0 radical (unpaired) electrons. The van der Waals surface area contributed by atoms with Crippen LogP contribution in [-0.2, 0) is 19.0 Å². The fourth-order valence-electron chi connectivity index (χ4n) is 3.19. The van der Waals surface area contributed by atoms with Crippen molar-refractivity contribution in [1.29, 1.82) is 0 Å². The molecule has 11 nitrogen and oxygen atoms in total. The summed E-state index contributed by atoms with van der Waals surface area (Å²) < 4.78 is 35.7. The Morgan fingerprint density at radius 2 is 1.90 bits per heavy atom. The summed E-state index contributed by atoms with van der Waals surface area (Å²) in [5, 5.41) is 31.0. The van der Waals surface area contributed by atoms with Gasteiger partial charge in [0, 0.05) is 0 Å². The third-order valence-corrected chi connectivity index (χ3v) is 4.98. The molecule has 0 saturated carbocycles. The smallest absolute Gasteiger partial charge is 0.306 e. The number of hydrogen-bond acceptors (Lipinski definition) is 10. The van der Waals surface area contributed by atoms with Crippen LogP contribution >= 0.6 is 0 Å². The van der Waals surface area contributed by atoms with Crippen molar-refractivity contribution in [3.8, 4) is 5.88 Å². The molecule has 12 heteroatoms. The van der Waals surface area contributed by atoms with Crippen LogP contribution in [0.1, 0.15) is 11.8 Å². The largest absolute Gasteiger partial charge is 0.492 e. The Bertz CT molecular complexity index is 1200. The summed E-state index contributed by atoms with van der Waals surface area (Å²) in [5.41, 5.74) is 0.853. The average Bonchev–Trinajstić information content (AvgIpc) is 3.24. The molecule has 1 saturated heterocycles. The van der Waals surface area contributed by atoms with E-state index in [1.807, 2.05) is 0 Å². The molecule has 0 bridgehead atoms. The highest BCUT2D eigenvalue weighted by Gasteiger charge is 2.47. The average molecular weight is 434 g/mol. The lowest BCUT2D eigenvalue weighted by molar-refractivity contribution is -0.0320. The summed E-state index contributed by atoms with van der Waals surface area (Å²) in [6, 6.07) is 8.71. The molecular formula is C18H18N4O7S. The Morgan fingerprint density at radius 1 is 1.17 bits per heavy atom. The molecule has 1 aromatic carbocycles. The number of aromatic hydroxyl groups is 1. The number of rotatable bonds is 5. The molecule has 0 unspecified atom stereocenters. The van der Waals surface area contributed by atoms with E-state index in [4.69, 9.17) is 8.92 Å². The van der Waals surface area contributed by atoms with Gasteiger partial charge in [0.25, 0.3) is 0 Å². The molecule has 30 heavy (non-hydrogen) atoms. The van der Waals surface area contributed by atoms with Crippen LogP contribution in [0, 0.1) is 0 Å². The quantitative estimate of drug-likeness (QED) is 0.373. The molecule has 1 aliphatic heterocycles. The van der Waals surface area contributed by atoms with Crippen molar-refractivity contribution in [1.82, 2.24) is 19.5 Å². The highest BCUT2D eigenvalue weighted by molar-refractivity contribution is 7.86. The first-order valence-corrected chi connectivity index (χ1v) is 10.6. The second-order valence-electron chi connectivity index (χ2n) is 6.69. The van der Waals surface area contributed by atoms with E-state index in [1.54, 1.807) is 30.3 Å². The van der Waals surface area contributed by atoms with Gasteiger partial charge in [-0.25, -0.2) is 9.97 Å². The van der Waals surface area contributed by atoms with Gasteiger partial charge in [0.15, 0.2) is 23.2 Å². The number of hydrogen-bond donors (Lipinski definition) is 3. The van der Waals surface area contributed by atoms with E-state index in [2.05, 4.69) is 15.0 Å². The fourth-order valence-corrected chi connectivity index (χ4v) is 3.68. The molecule has 158 valence electrons. The number of aliphatic hydroxyl groups is 2. The minimum Gasteiger partial charge on any atom is -0.492 e. The van der Waals surface area contributed by atoms with Gasteiger partial charge in [-0.3, -0.25) is 4.57 Å². The van der Waals surface area contributed by atoms with Crippen molar-refractivity contribution < 1.29 is 32.7 Å². The Labute approximate surface area is 171 Å². The monoisotopic (exact) mass is 434 g/mol. The maximum Gasteiger partial charge on any atom is 0.306 e. The Morgan fingerprint density at radius 3 is 2.60 bits per heavy atom. The minimum atomic E-state index is -3.95. The van der Waals surface area contributed by atoms with E-state index in [0.717, 1.165) is 12.6 Å². The van der Waals surface area contributed by atoms with Crippen LogP contribution in [0.4, 0.5) is 0 Å². The van der Waals surface area contributed by atoms with Gasteiger partial charge in [0.1, 0.15) is 24.6 Å². The van der Waals surface area contributed by atoms with Crippen LogP contribution in [-0.4, -0.2) is 67.8 Å². The minimum absolute atomic E-state index is 0.0821. The van der Waals surface area contributed by atoms with Gasteiger partial charge in [-0.05, 0) is 11.6 Å². The summed E-state index contributed by atoms with van der Waals surface area (Å²) in [6.45, 7) is 0. The van der Waals surface area contributed by atoms with Crippen LogP contribution in [0.2, 0.25) is 0 Å². The third-order valence-electron chi connectivity index (χ3n) is 4.49. The number of aliphatic hydroxyl groups excluding tert-OH is 2. The van der Waals surface area contributed by atoms with Gasteiger partial charge in [-0.15, -0.1) is 0 Å². The van der Waals surface area contributed by atoms with Gasteiger partial charge >= 0.3 is 10.1 Å². The summed E-state index contributed by atoms with van der Waals surface area (Å²) in [5.74, 6) is -0.548. The first-order chi connectivity index (χ1) is 14.2. The highest BCUT2D eigenvalue weighted by Crippen LogP contribution is 2.36. The fraction of sp³-hybridized carbons (Fsp3) is 0.278. The predicted octanol–water partition coefficient (Wildman–Crippen LogP) is 0.168. The van der Waals surface area contributed by atoms with Gasteiger partial charge in [-0.2, -0.15) is 13.4 Å². The van der Waals surface area contributed by atoms with Crippen molar-refractivity contribution >= 4 is 27.4 Å². The van der Waals surface area contributed by atoms with Gasteiger partial charge in [-0.1, -0.05) is 30.3 Å². The molecule has 2 aromatic heterocycles. The number of nitrogens with zero attached hydrogens (tertiary/aromatic N) is 4. The topological polar surface area (TPSA) is 157 Å². The molecule has 0 amide bonds. The molecule has 1 aliphatic rings. The Balaban J connectivity index is 1.72. The van der Waals surface area contributed by atoms with Crippen LogP contribution in [0.25, 0.3) is 17.2 Å². The molecule has 3 aromatic rings. The van der Waals surface area contributed by atoms with Crippen LogP contribution in [0.5, 0.6) is 5.88 Å². The molecule has 4 atom stereocenters. The summed E-state index contributed by atoms with van der Waals surface area (Å²) in [7, 11) is -3.95. The third kappa shape index (κ3) is 3.85. The van der Waals surface area contributed by atoms with Gasteiger partial charge in [0.2, 0.25) is 5.88 Å². The lowest BCUT2D eigenvalue weighted by Crippen LogP contribution is -2.33. The Hall–Kier alpha value is -3.06. The van der Waals surface area contributed by atoms with E-state index in [1.165, 1.54) is 17.0 Å². The summed E-state index contributed by atoms with van der Waals surface area (Å²) in [4.78, 5) is 11.6. The summed E-state index contributed by atoms with van der Waals surface area (Å²) >= 11 is 0. The number of aromatic nitrogens is 4. The molecule has 4 rings (SSSR count). The normalized spacial score (nSPS) is 25.0. The predicted molar refractivity (Wildman–Crippen MR) is 103 cm³/mol. The van der Waals surface area contributed by atoms with Crippen molar-refractivity contribution in [2.24, 2.45) is 0 Å². The molecular weight excluding hydrogens is 416 g/mol. The second kappa shape index (κ2) is 7.65. The molecule has 1 fully saturated rings. The number of ether oxygens (including phenoxy) is 1. The Kier molecular flexibility index (Phi) is 5.15. The number of fused-ring (bicyclic) bond motifs is 1. The molecule has 3 N–H and O–H groups in total. The lowest BCUT2D eigenvalue weighted by atomic mass is 10.1. The first kappa shape index (κ1) is 20.2. The van der Waals surface area contributed by atoms with E-state index in [-0.39, 0.29) is 22.8 Å². The molecule has 0 spiro atoms. The zero-order valence-corrected chi connectivity index (χ0v) is 16.4. The highest BCUT2D eigenvalue weighted by atomic mass is 32.2. The zero-order valence-electron chi connectivity index (χ0n) is 15.6. The molecule has 0 aliphatic carbocycles. The van der Waals surface area contributed by atoms with Crippen LogP contribution in [0.3, 0.4) is 0 Å². The van der Waals surface area contributed by atoms with Gasteiger partial charge in [0.05, 0.1) is 12.6 Å². The summed E-state index contributed by atoms with van der Waals surface area (Å²) in [6.07, 6.45) is -0.807. The van der Waals surface area contributed by atoms with Crippen LogP contribution < -0.4 is 0 Å². The van der Waals surface area contributed by atoms with Gasteiger partial charge < -0.3 is 24.2 Å². The first-order valence-electron chi connectivity index (χ1n) is 8.79. The van der Waals surface area contributed by atoms with E-state index >= 15 is 0 Å². The van der Waals surface area contributed by atoms with Crippen molar-refractivity contribution in [2.75, 3.05) is 6.26 Å². The lowest BCUT2D eigenvalue weighted by Gasteiger charge is -2.18. The van der Waals surface area contributed by atoms with Crippen LogP contribution in [0.15, 0.2) is 48.7 Å². The van der Waals surface area contributed by atoms with E-state index in [9.17, 15) is 23.7 Å². The maximum absolute atomic E-state index is 11.8.